The number of aromatic nitrogens is 2. The molecule has 0 aliphatic heterocycles. The Kier molecular flexibility index (Phi) is 13.6. The Morgan fingerprint density at radius 1 is 0.864 bits per heavy atom. The van der Waals surface area contributed by atoms with Gasteiger partial charge in [0.2, 0.25) is 5.95 Å². The predicted octanol–water partition coefficient (Wildman–Crippen LogP) is 8.01. The first-order chi connectivity index (χ1) is 21.4. The van der Waals surface area contributed by atoms with Crippen molar-refractivity contribution in [1.82, 2.24) is 14.7 Å². The van der Waals surface area contributed by atoms with Gasteiger partial charge in [-0.2, -0.15) is 4.98 Å². The van der Waals surface area contributed by atoms with Gasteiger partial charge in [0, 0.05) is 40.5 Å². The van der Waals surface area contributed by atoms with Crippen molar-refractivity contribution in [2.75, 3.05) is 28.5 Å². The van der Waals surface area contributed by atoms with E-state index in [2.05, 4.69) is 70.2 Å². The zero-order chi connectivity index (χ0) is 31.1. The molecule has 3 aromatic carbocycles. The minimum Gasteiger partial charge on any atom is -0.396 e. The van der Waals surface area contributed by atoms with Crippen molar-refractivity contribution >= 4 is 74.6 Å². The first kappa shape index (κ1) is 33.5. The summed E-state index contributed by atoms with van der Waals surface area (Å²) in [5.41, 5.74) is 7.11. The number of carbonyl (C=O) groups excluding carboxylic acids is 1. The van der Waals surface area contributed by atoms with E-state index in [1.54, 1.807) is 24.2 Å². The number of anilines is 5. The molecule has 232 valence electrons. The second-order valence-electron chi connectivity index (χ2n) is 9.76. The van der Waals surface area contributed by atoms with Crippen LogP contribution < -0.4 is 25.8 Å². The van der Waals surface area contributed by atoms with E-state index in [0.717, 1.165) is 47.0 Å². The molecule has 0 spiro atoms. The lowest BCUT2D eigenvalue weighted by molar-refractivity contribution is 0.0997. The molecule has 0 atom stereocenters. The molecule has 0 bridgehead atoms. The van der Waals surface area contributed by atoms with Gasteiger partial charge >= 0.3 is 0 Å². The van der Waals surface area contributed by atoms with Crippen LogP contribution in [-0.2, 0) is 0 Å². The van der Waals surface area contributed by atoms with Gasteiger partial charge in [0.05, 0.1) is 15.7 Å². The molecule has 0 saturated heterocycles. The Hall–Kier alpha value is -3.36. The number of amides is 1. The highest BCUT2D eigenvalue weighted by molar-refractivity contribution is 9.10. The van der Waals surface area contributed by atoms with Gasteiger partial charge in [-0.05, 0) is 113 Å². The molecule has 1 heterocycles. The number of aliphatic hydroxyl groups is 1. The Labute approximate surface area is 273 Å². The molecule has 7 N–H and O–H groups in total. The summed E-state index contributed by atoms with van der Waals surface area (Å²) < 4.78 is 21.5. The standard InChI is InChI=1S/C31H35BrFN7O2S2/c32-25-20-35-31(39-30(25)38-27-9-7-8-26(33)28(27)29(34)42)37-21-10-14-24(15-11-21)44-40-22-12-16-23(17-13-22)43-36-18-5-3-1-2-4-6-19-41/h7-17,20,36,40-41H,1-6,18-19H2,(H2,34,42)(H2,35,37,38,39). The number of carbonyl (C=O) groups is 1. The number of hydrogen-bond acceptors (Lipinski definition) is 10. The largest absolute Gasteiger partial charge is 0.396 e. The average Bonchev–Trinajstić information content (AvgIpc) is 3.02. The normalized spacial score (nSPS) is 10.9. The van der Waals surface area contributed by atoms with E-state index < -0.39 is 11.7 Å². The minimum atomic E-state index is -0.880. The van der Waals surface area contributed by atoms with Gasteiger partial charge in [-0.3, -0.25) is 9.52 Å². The van der Waals surface area contributed by atoms with E-state index in [-0.39, 0.29) is 11.3 Å². The smallest absolute Gasteiger partial charge is 0.253 e. The van der Waals surface area contributed by atoms with Crippen LogP contribution >= 0.6 is 39.8 Å². The van der Waals surface area contributed by atoms with Gasteiger partial charge in [-0.25, -0.2) is 9.37 Å². The highest BCUT2D eigenvalue weighted by atomic mass is 79.9. The molecular formula is C31H35BrFN7O2S2. The zero-order valence-corrected chi connectivity index (χ0v) is 27.2. The quantitative estimate of drug-likeness (QED) is 0.0447. The maximum Gasteiger partial charge on any atom is 0.253 e. The van der Waals surface area contributed by atoms with E-state index in [4.69, 9.17) is 10.8 Å². The van der Waals surface area contributed by atoms with Crippen LogP contribution in [0.1, 0.15) is 48.9 Å². The molecule has 4 aromatic rings. The summed E-state index contributed by atoms with van der Waals surface area (Å²) in [6.45, 7) is 1.27. The van der Waals surface area contributed by atoms with E-state index in [9.17, 15) is 9.18 Å². The molecule has 0 saturated carbocycles. The maximum atomic E-state index is 14.2. The second kappa shape index (κ2) is 17.8. The fraction of sp³-hybridized carbons (Fsp3) is 0.258. The van der Waals surface area contributed by atoms with Crippen LogP contribution in [0, 0.1) is 5.82 Å². The van der Waals surface area contributed by atoms with Crippen LogP contribution in [0.3, 0.4) is 0 Å². The second-order valence-corrected chi connectivity index (χ2v) is 12.5. The van der Waals surface area contributed by atoms with E-state index in [0.29, 0.717) is 22.8 Å². The van der Waals surface area contributed by atoms with Gasteiger partial charge in [-0.1, -0.05) is 31.7 Å². The molecule has 44 heavy (non-hydrogen) atoms. The number of nitrogens with two attached hydrogens (primary N) is 1. The first-order valence-corrected chi connectivity index (χ1v) is 16.6. The van der Waals surface area contributed by atoms with E-state index >= 15 is 0 Å². The molecular weight excluding hydrogens is 665 g/mol. The molecule has 1 aromatic heterocycles. The maximum absolute atomic E-state index is 14.2. The van der Waals surface area contributed by atoms with Crippen LogP contribution in [0.15, 0.2) is 87.2 Å². The number of nitrogens with zero attached hydrogens (tertiary/aromatic N) is 2. The number of benzene rings is 3. The predicted molar refractivity (Wildman–Crippen MR) is 182 cm³/mol. The van der Waals surface area contributed by atoms with Crippen molar-refractivity contribution in [2.24, 2.45) is 5.73 Å². The summed E-state index contributed by atoms with van der Waals surface area (Å²) in [6, 6.07) is 20.3. The molecule has 0 fully saturated rings. The number of halogens is 2. The number of rotatable bonds is 18. The lowest BCUT2D eigenvalue weighted by Crippen LogP contribution is -2.16. The van der Waals surface area contributed by atoms with Crippen LogP contribution in [0.4, 0.5) is 33.2 Å². The summed E-state index contributed by atoms with van der Waals surface area (Å²) in [6.07, 6.45) is 8.37. The summed E-state index contributed by atoms with van der Waals surface area (Å²) in [7, 11) is 0. The van der Waals surface area contributed by atoms with Gasteiger partial charge in [0.25, 0.3) is 5.91 Å². The van der Waals surface area contributed by atoms with Crippen molar-refractivity contribution in [3.8, 4) is 0 Å². The average molecular weight is 701 g/mol. The van der Waals surface area contributed by atoms with Crippen molar-refractivity contribution in [2.45, 2.75) is 48.3 Å². The van der Waals surface area contributed by atoms with Crippen molar-refractivity contribution in [3.63, 3.8) is 0 Å². The molecule has 1 amide bonds. The summed E-state index contributed by atoms with van der Waals surface area (Å²) >= 11 is 6.54. The van der Waals surface area contributed by atoms with Gasteiger partial charge in [0.1, 0.15) is 11.6 Å². The Balaban J connectivity index is 1.22. The van der Waals surface area contributed by atoms with E-state index in [1.807, 2.05) is 24.3 Å². The lowest BCUT2D eigenvalue weighted by Gasteiger charge is -2.13. The molecule has 0 unspecified atom stereocenters. The lowest BCUT2D eigenvalue weighted by atomic mass is 10.1. The third kappa shape index (κ3) is 10.7. The summed E-state index contributed by atoms with van der Waals surface area (Å²) in [5, 5.41) is 14.9. The number of unbranched alkanes of at least 4 members (excludes halogenated alkanes) is 5. The van der Waals surface area contributed by atoms with Gasteiger partial charge in [0.15, 0.2) is 0 Å². The van der Waals surface area contributed by atoms with Crippen molar-refractivity contribution < 1.29 is 14.3 Å². The summed E-state index contributed by atoms with van der Waals surface area (Å²) in [4.78, 5) is 22.7. The van der Waals surface area contributed by atoms with E-state index in [1.165, 1.54) is 43.3 Å². The molecule has 13 heteroatoms. The third-order valence-corrected chi connectivity index (χ3v) is 8.67. The molecule has 0 aliphatic carbocycles. The highest BCUT2D eigenvalue weighted by Crippen LogP contribution is 2.29. The number of primary amides is 1. The van der Waals surface area contributed by atoms with Crippen molar-refractivity contribution in [3.05, 3.63) is 88.8 Å². The van der Waals surface area contributed by atoms with Crippen LogP contribution in [0.25, 0.3) is 0 Å². The monoisotopic (exact) mass is 699 g/mol. The highest BCUT2D eigenvalue weighted by Gasteiger charge is 2.16. The fourth-order valence-corrected chi connectivity index (χ4v) is 5.74. The Bertz CT molecular complexity index is 1500. The minimum absolute atomic E-state index is 0.203. The zero-order valence-electron chi connectivity index (χ0n) is 24.0. The Morgan fingerprint density at radius 2 is 1.52 bits per heavy atom. The molecule has 0 aliphatic rings. The Morgan fingerprint density at radius 3 is 2.23 bits per heavy atom. The number of hydrogen-bond donors (Lipinski definition) is 6. The van der Waals surface area contributed by atoms with Crippen LogP contribution in [0.2, 0.25) is 0 Å². The fourth-order valence-electron chi connectivity index (χ4n) is 4.12. The van der Waals surface area contributed by atoms with Crippen LogP contribution in [0.5, 0.6) is 0 Å². The van der Waals surface area contributed by atoms with Crippen molar-refractivity contribution in [1.29, 1.82) is 0 Å². The van der Waals surface area contributed by atoms with Gasteiger partial charge < -0.3 is 26.2 Å². The summed E-state index contributed by atoms with van der Waals surface area (Å²) in [5.74, 6) is -0.943. The van der Waals surface area contributed by atoms with Gasteiger partial charge in [-0.15, -0.1) is 0 Å². The van der Waals surface area contributed by atoms with Crippen LogP contribution in [-0.4, -0.2) is 34.1 Å². The third-order valence-electron chi connectivity index (χ3n) is 6.39. The SMILES string of the molecule is NC(=O)c1c(F)cccc1Nc1nc(Nc2ccc(SNc3ccc(SNCCCCCCCCO)cc3)cc2)ncc1Br. The topological polar surface area (TPSA) is 137 Å². The number of nitrogens with one attached hydrogen (secondary N) is 4. The molecule has 0 radical (unpaired) electrons. The number of aliphatic hydroxyl groups excluding tert-OH is 1. The molecule has 4 rings (SSSR count). The first-order valence-electron chi connectivity index (χ1n) is 14.2. The molecule has 9 nitrogen and oxygen atoms in total.